The van der Waals surface area contributed by atoms with Gasteiger partial charge in [0.15, 0.2) is 17.6 Å². The number of benzene rings is 2. The van der Waals surface area contributed by atoms with Crippen molar-refractivity contribution in [1.82, 2.24) is 5.32 Å². The molecule has 0 saturated heterocycles. The smallest absolute Gasteiger partial charge is 0.350 e. The predicted octanol–water partition coefficient (Wildman–Crippen LogP) is 4.15. The average molecular weight is 418 g/mol. The second-order valence-electron chi connectivity index (χ2n) is 6.19. The average Bonchev–Trinajstić information content (AvgIpc) is 3.30. The number of carbonyl (C=O) groups excluding carboxylic acids is 2. The first-order valence-electron chi connectivity index (χ1n) is 8.57. The van der Waals surface area contributed by atoms with Crippen molar-refractivity contribution >= 4 is 44.9 Å². The fraction of sp³-hybridized carbons (Fsp3) is 0.200. The highest BCUT2D eigenvalue weighted by molar-refractivity contribution is 7.21. The van der Waals surface area contributed by atoms with E-state index in [2.05, 4.69) is 5.32 Å². The lowest BCUT2D eigenvalue weighted by atomic mass is 10.2. The van der Waals surface area contributed by atoms with E-state index >= 15 is 0 Å². The van der Waals surface area contributed by atoms with Crippen molar-refractivity contribution in [3.05, 3.63) is 57.9 Å². The molecule has 0 bridgehead atoms. The van der Waals surface area contributed by atoms with Gasteiger partial charge in [0.2, 0.25) is 6.79 Å². The summed E-state index contributed by atoms with van der Waals surface area (Å²) in [6.07, 6.45) is -0.956. The second-order valence-corrected chi connectivity index (χ2v) is 7.62. The monoisotopic (exact) mass is 417 g/mol. The molecule has 1 N–H and O–H groups in total. The molecule has 8 heteroatoms. The topological polar surface area (TPSA) is 73.9 Å². The van der Waals surface area contributed by atoms with Gasteiger partial charge in [-0.3, -0.25) is 4.79 Å². The molecule has 1 atom stereocenters. The van der Waals surface area contributed by atoms with E-state index in [0.29, 0.717) is 21.4 Å². The van der Waals surface area contributed by atoms with Gasteiger partial charge in [-0.15, -0.1) is 11.3 Å². The Morgan fingerprint density at radius 1 is 1.21 bits per heavy atom. The summed E-state index contributed by atoms with van der Waals surface area (Å²) in [5, 5.41) is 3.88. The maximum absolute atomic E-state index is 12.4. The number of esters is 1. The van der Waals surface area contributed by atoms with Gasteiger partial charge in [0.25, 0.3) is 5.91 Å². The molecule has 3 aromatic rings. The molecule has 144 valence electrons. The van der Waals surface area contributed by atoms with E-state index in [4.69, 9.17) is 25.8 Å². The highest BCUT2D eigenvalue weighted by Crippen LogP contribution is 2.35. The van der Waals surface area contributed by atoms with Gasteiger partial charge in [-0.1, -0.05) is 35.9 Å². The molecule has 1 amide bonds. The van der Waals surface area contributed by atoms with E-state index in [1.807, 2.05) is 30.3 Å². The van der Waals surface area contributed by atoms with Crippen molar-refractivity contribution in [2.45, 2.75) is 19.6 Å². The zero-order valence-electron chi connectivity index (χ0n) is 14.9. The van der Waals surface area contributed by atoms with Crippen molar-refractivity contribution in [3.8, 4) is 11.5 Å². The lowest BCUT2D eigenvalue weighted by Gasteiger charge is -2.13. The number of carbonyl (C=O) groups is 2. The van der Waals surface area contributed by atoms with Crippen LogP contribution in [0.4, 0.5) is 0 Å². The number of halogens is 1. The minimum atomic E-state index is -0.956. The third kappa shape index (κ3) is 3.63. The summed E-state index contributed by atoms with van der Waals surface area (Å²) >= 11 is 7.53. The third-order valence-electron chi connectivity index (χ3n) is 4.28. The summed E-state index contributed by atoms with van der Waals surface area (Å²) in [4.78, 5) is 25.0. The number of hydrogen-bond acceptors (Lipinski definition) is 6. The molecule has 6 nitrogen and oxygen atoms in total. The number of nitrogens with one attached hydrogen (secondary N) is 1. The zero-order chi connectivity index (χ0) is 19.7. The fourth-order valence-electron chi connectivity index (χ4n) is 2.80. The molecule has 1 aliphatic rings. The molecule has 1 unspecified atom stereocenters. The van der Waals surface area contributed by atoms with Crippen LogP contribution < -0.4 is 14.8 Å². The molecule has 4 rings (SSSR count). The zero-order valence-corrected chi connectivity index (χ0v) is 16.4. The second kappa shape index (κ2) is 7.69. The van der Waals surface area contributed by atoms with Crippen LogP contribution in [0, 0.1) is 0 Å². The maximum atomic E-state index is 12.4. The molecule has 0 fully saturated rings. The summed E-state index contributed by atoms with van der Waals surface area (Å²) in [6, 6.07) is 12.9. The van der Waals surface area contributed by atoms with Gasteiger partial charge in [0.05, 0.1) is 5.02 Å². The van der Waals surface area contributed by atoms with Gasteiger partial charge in [0, 0.05) is 16.6 Å². The van der Waals surface area contributed by atoms with Crippen molar-refractivity contribution in [2.75, 3.05) is 6.79 Å². The van der Waals surface area contributed by atoms with Gasteiger partial charge in [0.1, 0.15) is 4.88 Å². The van der Waals surface area contributed by atoms with Crippen LogP contribution >= 0.6 is 22.9 Å². The van der Waals surface area contributed by atoms with Crippen LogP contribution in [-0.4, -0.2) is 24.8 Å². The summed E-state index contributed by atoms with van der Waals surface area (Å²) in [6.45, 7) is 1.99. The minimum absolute atomic E-state index is 0.193. The molecular formula is C20H16ClNO5S. The summed E-state index contributed by atoms with van der Waals surface area (Å²) < 4.78 is 16.8. The van der Waals surface area contributed by atoms with E-state index < -0.39 is 18.0 Å². The number of amides is 1. The minimum Gasteiger partial charge on any atom is -0.454 e. The Balaban J connectivity index is 1.37. The molecule has 0 saturated carbocycles. The van der Waals surface area contributed by atoms with E-state index in [0.717, 1.165) is 15.6 Å². The van der Waals surface area contributed by atoms with Crippen LogP contribution in [-0.2, 0) is 16.1 Å². The quantitative estimate of drug-likeness (QED) is 0.631. The summed E-state index contributed by atoms with van der Waals surface area (Å²) in [5.74, 6) is 0.309. The first kappa shape index (κ1) is 18.6. The Bertz CT molecular complexity index is 1060. The van der Waals surface area contributed by atoms with Crippen LogP contribution in [0.3, 0.4) is 0 Å². The molecular weight excluding hydrogens is 402 g/mol. The normalized spacial score (nSPS) is 13.4. The lowest BCUT2D eigenvalue weighted by molar-refractivity contribution is -0.129. The van der Waals surface area contributed by atoms with Crippen molar-refractivity contribution in [3.63, 3.8) is 0 Å². The Morgan fingerprint density at radius 2 is 2.00 bits per heavy atom. The fourth-order valence-corrected chi connectivity index (χ4v) is 4.19. The van der Waals surface area contributed by atoms with Gasteiger partial charge in [-0.2, -0.15) is 0 Å². The van der Waals surface area contributed by atoms with Crippen LogP contribution in [0.1, 0.15) is 22.2 Å². The lowest BCUT2D eigenvalue weighted by Crippen LogP contribution is -2.35. The molecule has 0 radical (unpaired) electrons. The van der Waals surface area contributed by atoms with E-state index in [-0.39, 0.29) is 13.3 Å². The SMILES string of the molecule is CC(OC(=O)c1sc2ccccc2c1Cl)C(=O)NCc1ccc2c(c1)OCO2. The van der Waals surface area contributed by atoms with Gasteiger partial charge in [-0.05, 0) is 30.7 Å². The Labute approximate surface area is 170 Å². The third-order valence-corrected chi connectivity index (χ3v) is 5.93. The Kier molecular flexibility index (Phi) is 5.11. The first-order valence-corrected chi connectivity index (χ1v) is 9.76. The Hall–Kier alpha value is -2.77. The number of ether oxygens (including phenoxy) is 3. The van der Waals surface area contributed by atoms with Gasteiger partial charge in [-0.25, -0.2) is 4.79 Å². The van der Waals surface area contributed by atoms with E-state index in [1.54, 1.807) is 12.1 Å². The van der Waals surface area contributed by atoms with Crippen LogP contribution in [0.2, 0.25) is 5.02 Å². The Morgan fingerprint density at radius 3 is 2.82 bits per heavy atom. The molecule has 2 aromatic carbocycles. The molecule has 1 aliphatic heterocycles. The van der Waals surface area contributed by atoms with Crippen LogP contribution in [0.5, 0.6) is 11.5 Å². The number of fused-ring (bicyclic) bond motifs is 2. The van der Waals surface area contributed by atoms with Gasteiger partial charge < -0.3 is 19.5 Å². The number of rotatable bonds is 5. The maximum Gasteiger partial charge on any atom is 0.350 e. The summed E-state index contributed by atoms with van der Waals surface area (Å²) in [5.41, 5.74) is 0.851. The standard InChI is InChI=1S/C20H16ClNO5S/c1-11(19(23)22-9-12-6-7-14-15(8-12)26-10-25-14)27-20(24)18-17(21)13-4-2-3-5-16(13)28-18/h2-8,11H,9-10H2,1H3,(H,22,23). The van der Waals surface area contributed by atoms with Crippen molar-refractivity contribution < 1.29 is 23.8 Å². The molecule has 0 aliphatic carbocycles. The van der Waals surface area contributed by atoms with Crippen LogP contribution in [0.15, 0.2) is 42.5 Å². The van der Waals surface area contributed by atoms with Gasteiger partial charge >= 0.3 is 5.97 Å². The van der Waals surface area contributed by atoms with E-state index in [1.165, 1.54) is 18.3 Å². The molecule has 28 heavy (non-hydrogen) atoms. The molecule has 0 spiro atoms. The van der Waals surface area contributed by atoms with Crippen molar-refractivity contribution in [2.24, 2.45) is 0 Å². The largest absolute Gasteiger partial charge is 0.454 e. The molecule has 1 aromatic heterocycles. The number of thiophene rings is 1. The predicted molar refractivity (Wildman–Crippen MR) is 106 cm³/mol. The highest BCUT2D eigenvalue weighted by Gasteiger charge is 2.23. The van der Waals surface area contributed by atoms with Crippen molar-refractivity contribution in [1.29, 1.82) is 0 Å². The van der Waals surface area contributed by atoms with Crippen LogP contribution in [0.25, 0.3) is 10.1 Å². The summed E-state index contributed by atoms with van der Waals surface area (Å²) in [7, 11) is 0. The first-order chi connectivity index (χ1) is 13.5. The highest BCUT2D eigenvalue weighted by atomic mass is 35.5. The molecule has 2 heterocycles. The number of hydrogen-bond donors (Lipinski definition) is 1. The van der Waals surface area contributed by atoms with E-state index in [9.17, 15) is 9.59 Å².